The van der Waals surface area contributed by atoms with Crippen molar-refractivity contribution in [2.45, 2.75) is 31.6 Å². The summed E-state index contributed by atoms with van der Waals surface area (Å²) < 4.78 is 55.9. The second kappa shape index (κ2) is 7.71. The average molecular weight is 439 g/mol. The van der Waals surface area contributed by atoms with Gasteiger partial charge in [0.2, 0.25) is 5.43 Å². The molecule has 4 rings (SSSR count). The number of fused-ring (bicyclic) bond motifs is 4. The van der Waals surface area contributed by atoms with Gasteiger partial charge in [0.1, 0.15) is 29.2 Å². The van der Waals surface area contributed by atoms with Crippen LogP contribution in [0.3, 0.4) is 0 Å². The van der Waals surface area contributed by atoms with Crippen LogP contribution in [0.5, 0.6) is 5.75 Å². The van der Waals surface area contributed by atoms with Crippen LogP contribution < -0.4 is 10.7 Å². The molecule has 164 valence electrons. The number of nitrogens with zero attached hydrogens (tertiary/aromatic N) is 2. The Morgan fingerprint density at radius 3 is 2.55 bits per heavy atom. The molecule has 2 amide bonds. The first-order valence-corrected chi connectivity index (χ1v) is 9.50. The van der Waals surface area contributed by atoms with Crippen molar-refractivity contribution in [2.24, 2.45) is 0 Å². The number of aromatic hydroxyl groups is 1. The smallest absolute Gasteiger partial charge is 0.274 e. The fourth-order valence-electron chi connectivity index (χ4n) is 3.95. The molecule has 2 aliphatic heterocycles. The van der Waals surface area contributed by atoms with Gasteiger partial charge in [0.25, 0.3) is 11.8 Å². The van der Waals surface area contributed by atoms with Gasteiger partial charge in [0.05, 0.1) is 6.04 Å². The number of hydrogen-bond donors (Lipinski definition) is 2. The molecular weight excluding hydrogens is 422 g/mol. The summed E-state index contributed by atoms with van der Waals surface area (Å²) in [5.41, 5.74) is -2.67. The topological polar surface area (TPSA) is 91.6 Å². The molecule has 0 radical (unpaired) electrons. The Bertz CT molecular complexity index is 1130. The van der Waals surface area contributed by atoms with Crippen molar-refractivity contribution in [3.05, 3.63) is 62.8 Å². The van der Waals surface area contributed by atoms with Crippen molar-refractivity contribution >= 4 is 11.8 Å². The van der Waals surface area contributed by atoms with Gasteiger partial charge in [-0.05, 0) is 6.42 Å². The normalized spacial score (nSPS) is 20.3. The zero-order valence-corrected chi connectivity index (χ0v) is 16.0. The Kier molecular flexibility index (Phi) is 5.19. The van der Waals surface area contributed by atoms with E-state index >= 15 is 0 Å². The molecule has 31 heavy (non-hydrogen) atoms. The molecule has 0 spiro atoms. The Morgan fingerprint density at radius 2 is 1.87 bits per heavy atom. The number of nitrogens with one attached hydrogen (secondary N) is 1. The lowest BCUT2D eigenvalue weighted by molar-refractivity contribution is 0.0677. The first kappa shape index (κ1) is 20.9. The third kappa shape index (κ3) is 3.64. The maximum absolute atomic E-state index is 14.1. The summed E-state index contributed by atoms with van der Waals surface area (Å²) in [6.07, 6.45) is -0.0324. The maximum atomic E-state index is 14.1. The molecule has 1 saturated heterocycles. The Balaban J connectivity index is 1.68. The zero-order valence-electron chi connectivity index (χ0n) is 16.0. The van der Waals surface area contributed by atoms with Crippen molar-refractivity contribution in [2.75, 3.05) is 13.1 Å². The molecule has 3 heterocycles. The minimum absolute atomic E-state index is 0.0200. The molecule has 0 saturated carbocycles. The monoisotopic (exact) mass is 439 g/mol. The molecular formula is C20H17F4N3O4. The van der Waals surface area contributed by atoms with E-state index in [-0.39, 0.29) is 31.6 Å². The Labute approximate surface area is 172 Å². The van der Waals surface area contributed by atoms with Crippen molar-refractivity contribution in [3.8, 4) is 5.75 Å². The molecule has 2 N–H and O–H groups in total. The third-order valence-electron chi connectivity index (χ3n) is 5.54. The molecule has 11 heteroatoms. The third-order valence-corrected chi connectivity index (χ3v) is 5.54. The molecule has 2 atom stereocenters. The lowest BCUT2D eigenvalue weighted by atomic mass is 10.0. The molecule has 2 aliphatic rings. The number of carbonyl (C=O) groups is 2. The summed E-state index contributed by atoms with van der Waals surface area (Å²) >= 11 is 0. The molecule has 1 aromatic heterocycles. The van der Waals surface area contributed by atoms with Gasteiger partial charge in [0, 0.05) is 49.9 Å². The van der Waals surface area contributed by atoms with Gasteiger partial charge in [0.15, 0.2) is 11.4 Å². The maximum Gasteiger partial charge on any atom is 0.274 e. The molecule has 2 aromatic rings. The van der Waals surface area contributed by atoms with Crippen LogP contribution in [0.1, 0.15) is 45.3 Å². The van der Waals surface area contributed by atoms with Gasteiger partial charge >= 0.3 is 0 Å². The highest BCUT2D eigenvalue weighted by Gasteiger charge is 2.38. The standard InChI is InChI=1S/C20H17F4N3O4/c21-9-1-2-26-7-11(3-9)27-8-13(17(28)18(29)16(27)20(26)31)19(30)25-6-12-14(23)4-10(22)5-15(12)24/h4-5,8-9,11,29H,1-3,6-7H2,(H,25,30)/t9-,11-/m0/s1. The number of alkyl halides is 1. The molecule has 7 nitrogen and oxygen atoms in total. The minimum atomic E-state index is -1.22. The van der Waals surface area contributed by atoms with Crippen molar-refractivity contribution in [1.29, 1.82) is 0 Å². The van der Waals surface area contributed by atoms with Gasteiger partial charge in [-0.2, -0.15) is 0 Å². The number of rotatable bonds is 3. The fraction of sp³-hybridized carbons (Fsp3) is 0.350. The van der Waals surface area contributed by atoms with Crippen LogP contribution in [0, 0.1) is 17.5 Å². The van der Waals surface area contributed by atoms with E-state index in [0.29, 0.717) is 12.1 Å². The fourth-order valence-corrected chi connectivity index (χ4v) is 3.95. The number of benzene rings is 1. The van der Waals surface area contributed by atoms with Gasteiger partial charge in [-0.25, -0.2) is 17.6 Å². The lowest BCUT2D eigenvalue weighted by Gasteiger charge is -2.34. The first-order chi connectivity index (χ1) is 14.7. The highest BCUT2D eigenvalue weighted by molar-refractivity contribution is 5.99. The summed E-state index contributed by atoms with van der Waals surface area (Å²) in [5.74, 6) is -6.25. The van der Waals surface area contributed by atoms with Gasteiger partial charge in [-0.3, -0.25) is 14.4 Å². The highest BCUT2D eigenvalue weighted by Crippen LogP contribution is 2.32. The molecule has 1 fully saturated rings. The molecule has 0 unspecified atom stereocenters. The summed E-state index contributed by atoms with van der Waals surface area (Å²) in [7, 11) is 0. The number of pyridine rings is 1. The number of amides is 2. The quantitative estimate of drug-likeness (QED) is 0.716. The molecule has 0 aliphatic carbocycles. The van der Waals surface area contributed by atoms with Gasteiger partial charge < -0.3 is 19.9 Å². The predicted octanol–water partition coefficient (Wildman–Crippen LogP) is 2.03. The van der Waals surface area contributed by atoms with E-state index < -0.39 is 70.3 Å². The van der Waals surface area contributed by atoms with Crippen molar-refractivity contribution < 1.29 is 32.3 Å². The SMILES string of the molecule is O=C(NCc1c(F)cc(F)cc1F)c1cn2c(c(O)c1=O)C(=O)N1CC[C@H](F)C[C@H]2C1. The molecule has 2 bridgehead atoms. The Hall–Kier alpha value is -3.37. The second-order valence-corrected chi connectivity index (χ2v) is 7.53. The van der Waals surface area contributed by atoms with E-state index in [0.717, 1.165) is 6.20 Å². The van der Waals surface area contributed by atoms with E-state index in [2.05, 4.69) is 5.32 Å². The Morgan fingerprint density at radius 1 is 1.19 bits per heavy atom. The van der Waals surface area contributed by atoms with Crippen molar-refractivity contribution in [1.82, 2.24) is 14.8 Å². The zero-order chi connectivity index (χ0) is 22.4. The highest BCUT2D eigenvalue weighted by atomic mass is 19.1. The number of halogens is 4. The van der Waals surface area contributed by atoms with E-state index in [1.54, 1.807) is 0 Å². The largest absolute Gasteiger partial charge is 0.503 e. The molecule has 1 aromatic carbocycles. The predicted molar refractivity (Wildman–Crippen MR) is 98.9 cm³/mol. The number of aromatic nitrogens is 1. The first-order valence-electron chi connectivity index (χ1n) is 9.50. The number of carbonyl (C=O) groups excluding carboxylic acids is 2. The van der Waals surface area contributed by atoms with E-state index in [1.165, 1.54) is 9.47 Å². The second-order valence-electron chi connectivity index (χ2n) is 7.53. The van der Waals surface area contributed by atoms with E-state index in [4.69, 9.17) is 0 Å². The van der Waals surface area contributed by atoms with Crippen LogP contribution >= 0.6 is 0 Å². The summed E-state index contributed by atoms with van der Waals surface area (Å²) in [6.45, 7) is -0.399. The summed E-state index contributed by atoms with van der Waals surface area (Å²) in [4.78, 5) is 39.0. The van der Waals surface area contributed by atoms with Gasteiger partial charge in [-0.1, -0.05) is 0 Å². The van der Waals surface area contributed by atoms with E-state index in [1.807, 2.05) is 0 Å². The summed E-state index contributed by atoms with van der Waals surface area (Å²) in [5, 5.41) is 12.5. The van der Waals surface area contributed by atoms with Crippen LogP contribution in [0.2, 0.25) is 0 Å². The summed E-state index contributed by atoms with van der Waals surface area (Å²) in [6, 6.07) is 0.289. The number of hydrogen-bond acceptors (Lipinski definition) is 4. The lowest BCUT2D eigenvalue weighted by Crippen LogP contribution is -2.44. The van der Waals surface area contributed by atoms with Gasteiger partial charge in [-0.15, -0.1) is 0 Å². The van der Waals surface area contributed by atoms with Crippen LogP contribution in [0.15, 0.2) is 23.1 Å². The van der Waals surface area contributed by atoms with Crippen LogP contribution in [0.25, 0.3) is 0 Å². The van der Waals surface area contributed by atoms with Crippen LogP contribution in [-0.2, 0) is 6.54 Å². The van der Waals surface area contributed by atoms with Crippen LogP contribution in [-0.4, -0.2) is 45.6 Å². The van der Waals surface area contributed by atoms with E-state index in [9.17, 15) is 37.1 Å². The minimum Gasteiger partial charge on any atom is -0.503 e. The average Bonchev–Trinajstić information content (AvgIpc) is 2.87. The van der Waals surface area contributed by atoms with Crippen LogP contribution in [0.4, 0.5) is 17.6 Å². The van der Waals surface area contributed by atoms with Crippen molar-refractivity contribution in [3.63, 3.8) is 0 Å².